The third-order valence-electron chi connectivity index (χ3n) is 2.78. The van der Waals surface area contributed by atoms with Crippen molar-refractivity contribution in [3.05, 3.63) is 28.7 Å². The minimum atomic E-state index is -0.738. The number of halogens is 1. The van der Waals surface area contributed by atoms with E-state index in [1.165, 1.54) is 0 Å². The molecule has 0 aromatic heterocycles. The molecule has 6 heteroatoms. The van der Waals surface area contributed by atoms with E-state index < -0.39 is 5.54 Å². The van der Waals surface area contributed by atoms with E-state index in [1.54, 1.807) is 12.1 Å². The van der Waals surface area contributed by atoms with Crippen LogP contribution in [0.4, 0.5) is 5.69 Å². The molecular weight excluding hydrogens is 298 g/mol. The molecular formula is C12H14BrN3O2. The maximum Gasteiger partial charge on any atom is 0.243 e. The molecule has 96 valence electrons. The summed E-state index contributed by atoms with van der Waals surface area (Å²) in [5, 5.41) is 5.21. The van der Waals surface area contributed by atoms with Gasteiger partial charge in [-0.1, -0.05) is 15.9 Å². The maximum atomic E-state index is 11.6. The van der Waals surface area contributed by atoms with E-state index in [0.29, 0.717) is 18.5 Å². The van der Waals surface area contributed by atoms with E-state index >= 15 is 0 Å². The Labute approximate surface area is 113 Å². The van der Waals surface area contributed by atoms with E-state index in [0.717, 1.165) is 4.47 Å². The summed E-state index contributed by atoms with van der Waals surface area (Å²) in [5.41, 5.74) is 5.64. The quantitative estimate of drug-likeness (QED) is 0.775. The number of carbonyl (C=O) groups excluding carboxylic acids is 2. The molecule has 0 aliphatic heterocycles. The lowest BCUT2D eigenvalue weighted by molar-refractivity contribution is -0.125. The topological polar surface area (TPSA) is 84.2 Å². The minimum Gasteiger partial charge on any atom is -0.345 e. The van der Waals surface area contributed by atoms with Crippen LogP contribution in [-0.2, 0) is 9.59 Å². The highest BCUT2D eigenvalue weighted by molar-refractivity contribution is 9.10. The zero-order valence-corrected chi connectivity index (χ0v) is 11.3. The molecule has 2 rings (SSSR count). The van der Waals surface area contributed by atoms with Gasteiger partial charge < -0.3 is 16.4 Å². The zero-order valence-electron chi connectivity index (χ0n) is 9.70. The van der Waals surface area contributed by atoms with Crippen LogP contribution in [0.5, 0.6) is 0 Å². The first-order valence-electron chi connectivity index (χ1n) is 5.62. The summed E-state index contributed by atoms with van der Waals surface area (Å²) in [6.07, 6.45) is 1.38. The van der Waals surface area contributed by atoms with Crippen LogP contribution in [0.1, 0.15) is 12.8 Å². The van der Waals surface area contributed by atoms with Crippen LogP contribution >= 0.6 is 15.9 Å². The Balaban J connectivity index is 1.78. The smallest absolute Gasteiger partial charge is 0.243 e. The Morgan fingerprint density at radius 2 is 1.89 bits per heavy atom. The Kier molecular flexibility index (Phi) is 3.68. The minimum absolute atomic E-state index is 0.0617. The van der Waals surface area contributed by atoms with Crippen LogP contribution in [0.25, 0.3) is 0 Å². The van der Waals surface area contributed by atoms with Gasteiger partial charge in [0.05, 0.1) is 12.1 Å². The van der Waals surface area contributed by atoms with Crippen molar-refractivity contribution in [3.8, 4) is 0 Å². The molecule has 0 radical (unpaired) electrons. The van der Waals surface area contributed by atoms with Gasteiger partial charge in [0.15, 0.2) is 0 Å². The van der Waals surface area contributed by atoms with Crippen molar-refractivity contribution in [3.63, 3.8) is 0 Å². The number of rotatable bonds is 4. The molecule has 5 nitrogen and oxygen atoms in total. The normalized spacial score (nSPS) is 15.9. The summed E-state index contributed by atoms with van der Waals surface area (Å²) in [7, 11) is 0. The van der Waals surface area contributed by atoms with Crippen molar-refractivity contribution in [2.45, 2.75) is 18.4 Å². The van der Waals surface area contributed by atoms with Gasteiger partial charge in [-0.05, 0) is 37.1 Å². The fourth-order valence-corrected chi connectivity index (χ4v) is 1.70. The van der Waals surface area contributed by atoms with Gasteiger partial charge in [0.2, 0.25) is 11.8 Å². The van der Waals surface area contributed by atoms with Crippen LogP contribution in [0, 0.1) is 0 Å². The molecule has 0 bridgehead atoms. The molecule has 1 aromatic carbocycles. The highest BCUT2D eigenvalue weighted by atomic mass is 79.9. The van der Waals surface area contributed by atoms with Crippen molar-refractivity contribution < 1.29 is 9.59 Å². The molecule has 0 spiro atoms. The number of nitrogens with one attached hydrogen (secondary N) is 2. The van der Waals surface area contributed by atoms with E-state index in [4.69, 9.17) is 5.73 Å². The second kappa shape index (κ2) is 5.07. The third-order valence-corrected chi connectivity index (χ3v) is 3.31. The van der Waals surface area contributed by atoms with Crippen molar-refractivity contribution in [1.29, 1.82) is 0 Å². The fraction of sp³-hybridized carbons (Fsp3) is 0.333. The molecule has 0 unspecified atom stereocenters. The first-order chi connectivity index (χ1) is 8.49. The summed E-state index contributed by atoms with van der Waals surface area (Å²) in [4.78, 5) is 23.1. The van der Waals surface area contributed by atoms with Crippen LogP contribution in [0.15, 0.2) is 28.7 Å². The molecule has 0 saturated heterocycles. The maximum absolute atomic E-state index is 11.6. The number of hydrogen-bond donors (Lipinski definition) is 3. The van der Waals surface area contributed by atoms with Crippen LogP contribution < -0.4 is 16.4 Å². The predicted octanol–water partition coefficient (Wildman–Crippen LogP) is 0.995. The molecule has 0 heterocycles. The molecule has 1 aliphatic rings. The Hall–Kier alpha value is -1.40. The number of anilines is 1. The molecule has 18 heavy (non-hydrogen) atoms. The van der Waals surface area contributed by atoms with Crippen LogP contribution in [-0.4, -0.2) is 23.9 Å². The van der Waals surface area contributed by atoms with E-state index in [-0.39, 0.29) is 18.4 Å². The molecule has 0 atom stereocenters. The number of amides is 2. The molecule has 2 amide bonds. The molecule has 1 fully saturated rings. The standard InChI is InChI=1S/C12H14BrN3O2/c13-8-1-3-9(4-2-8)16-10(17)7-15-11(18)12(14)5-6-12/h1-4H,5-7,14H2,(H,15,18)(H,16,17). The van der Waals surface area contributed by atoms with Gasteiger partial charge in [-0.2, -0.15) is 0 Å². The highest BCUT2D eigenvalue weighted by Gasteiger charge is 2.45. The Morgan fingerprint density at radius 1 is 1.28 bits per heavy atom. The van der Waals surface area contributed by atoms with Gasteiger partial charge in [0.25, 0.3) is 0 Å². The Morgan fingerprint density at radius 3 is 2.44 bits per heavy atom. The zero-order chi connectivity index (χ0) is 13.2. The van der Waals surface area contributed by atoms with E-state index in [2.05, 4.69) is 26.6 Å². The largest absolute Gasteiger partial charge is 0.345 e. The van der Waals surface area contributed by atoms with Crippen molar-refractivity contribution in [2.75, 3.05) is 11.9 Å². The lowest BCUT2D eigenvalue weighted by Gasteiger charge is -2.10. The van der Waals surface area contributed by atoms with Gasteiger partial charge in [-0.15, -0.1) is 0 Å². The van der Waals surface area contributed by atoms with Crippen molar-refractivity contribution in [1.82, 2.24) is 5.32 Å². The summed E-state index contributed by atoms with van der Waals surface area (Å²) in [6, 6.07) is 7.20. The number of nitrogens with two attached hydrogens (primary N) is 1. The summed E-state index contributed by atoms with van der Waals surface area (Å²) in [5.74, 6) is -0.525. The lowest BCUT2D eigenvalue weighted by atomic mass is 10.3. The van der Waals surface area contributed by atoms with E-state index in [9.17, 15) is 9.59 Å². The van der Waals surface area contributed by atoms with Gasteiger partial charge >= 0.3 is 0 Å². The van der Waals surface area contributed by atoms with Crippen LogP contribution in [0.2, 0.25) is 0 Å². The van der Waals surface area contributed by atoms with Crippen molar-refractivity contribution in [2.24, 2.45) is 5.73 Å². The molecule has 4 N–H and O–H groups in total. The SMILES string of the molecule is NC1(C(=O)NCC(=O)Nc2ccc(Br)cc2)CC1. The van der Waals surface area contributed by atoms with E-state index in [1.807, 2.05) is 12.1 Å². The third kappa shape index (κ3) is 3.30. The van der Waals surface area contributed by atoms with Gasteiger partial charge in [0.1, 0.15) is 0 Å². The second-order valence-corrected chi connectivity index (χ2v) is 5.31. The van der Waals surface area contributed by atoms with Crippen LogP contribution in [0.3, 0.4) is 0 Å². The first-order valence-corrected chi connectivity index (χ1v) is 6.41. The van der Waals surface area contributed by atoms with Gasteiger partial charge in [0, 0.05) is 10.2 Å². The molecule has 1 aromatic rings. The number of benzene rings is 1. The predicted molar refractivity (Wildman–Crippen MR) is 71.9 cm³/mol. The van der Waals surface area contributed by atoms with Crippen molar-refractivity contribution >= 4 is 33.4 Å². The number of carbonyl (C=O) groups is 2. The van der Waals surface area contributed by atoms with Gasteiger partial charge in [-0.25, -0.2) is 0 Å². The fourth-order valence-electron chi connectivity index (χ4n) is 1.44. The summed E-state index contributed by atoms with van der Waals surface area (Å²) >= 11 is 3.31. The summed E-state index contributed by atoms with van der Waals surface area (Å²) in [6.45, 7) is -0.0617. The monoisotopic (exact) mass is 311 g/mol. The lowest BCUT2D eigenvalue weighted by Crippen LogP contribution is -2.45. The van der Waals surface area contributed by atoms with Gasteiger partial charge in [-0.3, -0.25) is 9.59 Å². The highest BCUT2D eigenvalue weighted by Crippen LogP contribution is 2.31. The number of hydrogen-bond acceptors (Lipinski definition) is 3. The average molecular weight is 312 g/mol. The molecule has 1 aliphatic carbocycles. The first kappa shape index (κ1) is 13.0. The Bertz CT molecular complexity index is 469. The summed E-state index contributed by atoms with van der Waals surface area (Å²) < 4.78 is 0.938. The average Bonchev–Trinajstić information content (AvgIpc) is 3.09. The molecule has 1 saturated carbocycles. The second-order valence-electron chi connectivity index (χ2n) is 4.39.